The molecule has 1 fully saturated rings. The molecule has 2 atom stereocenters. The Morgan fingerprint density at radius 3 is 2.73 bits per heavy atom. The fourth-order valence-electron chi connectivity index (χ4n) is 4.58. The monoisotopic (exact) mass is 443 g/mol. The Bertz CT molecular complexity index is 1210. The fraction of sp³-hybridized carbons (Fsp3) is 0.231. The van der Waals surface area contributed by atoms with Crippen molar-refractivity contribution in [3.05, 3.63) is 89.5 Å². The number of carbonyl (C=O) groups is 2. The summed E-state index contributed by atoms with van der Waals surface area (Å²) in [5, 5.41) is 6.01. The summed E-state index contributed by atoms with van der Waals surface area (Å²) in [5.74, 6) is 1.03. The van der Waals surface area contributed by atoms with E-state index in [2.05, 4.69) is 10.6 Å². The van der Waals surface area contributed by atoms with Gasteiger partial charge in [-0.25, -0.2) is 4.79 Å². The van der Waals surface area contributed by atoms with E-state index in [1.165, 1.54) is 0 Å². The van der Waals surface area contributed by atoms with Crippen molar-refractivity contribution in [2.24, 2.45) is 0 Å². The lowest BCUT2D eigenvalue weighted by Gasteiger charge is -2.50. The lowest BCUT2D eigenvalue weighted by atomic mass is 9.89. The zero-order valence-corrected chi connectivity index (χ0v) is 18.5. The number of anilines is 1. The average molecular weight is 444 g/mol. The molecule has 0 saturated carbocycles. The van der Waals surface area contributed by atoms with E-state index in [9.17, 15) is 9.59 Å². The molecule has 1 saturated heterocycles. The van der Waals surface area contributed by atoms with Crippen molar-refractivity contribution in [3.63, 3.8) is 0 Å². The maximum atomic E-state index is 13.2. The van der Waals surface area contributed by atoms with Crippen LogP contribution in [0.1, 0.15) is 40.9 Å². The number of nitrogens with one attached hydrogen (secondary N) is 2. The van der Waals surface area contributed by atoms with Gasteiger partial charge in [-0.2, -0.15) is 0 Å². The molecule has 2 N–H and O–H groups in total. The predicted octanol–water partition coefficient (Wildman–Crippen LogP) is 4.39. The summed E-state index contributed by atoms with van der Waals surface area (Å²) in [6, 6.07) is 21.9. The molecule has 7 heteroatoms. The van der Waals surface area contributed by atoms with E-state index in [1.807, 2.05) is 55.5 Å². The molecule has 3 amide bonds. The number of urea groups is 1. The topological polar surface area (TPSA) is 79.9 Å². The Morgan fingerprint density at radius 1 is 1.15 bits per heavy atom. The van der Waals surface area contributed by atoms with Crippen LogP contribution >= 0.6 is 0 Å². The summed E-state index contributed by atoms with van der Waals surface area (Å²) < 4.78 is 11.9. The molecule has 2 bridgehead atoms. The van der Waals surface area contributed by atoms with Crippen LogP contribution in [0.2, 0.25) is 0 Å². The molecule has 5 rings (SSSR count). The third-order valence-electron chi connectivity index (χ3n) is 6.15. The van der Waals surface area contributed by atoms with Gasteiger partial charge in [0, 0.05) is 24.1 Å². The van der Waals surface area contributed by atoms with Crippen LogP contribution in [0.5, 0.6) is 11.5 Å². The van der Waals surface area contributed by atoms with Crippen LogP contribution in [0, 0.1) is 0 Å². The average Bonchev–Trinajstić information content (AvgIpc) is 2.82. The summed E-state index contributed by atoms with van der Waals surface area (Å²) in [4.78, 5) is 27.5. The highest BCUT2D eigenvalue weighted by molar-refractivity contribution is 5.99. The van der Waals surface area contributed by atoms with Crippen molar-refractivity contribution < 1.29 is 19.1 Å². The van der Waals surface area contributed by atoms with E-state index in [1.54, 1.807) is 36.3 Å². The van der Waals surface area contributed by atoms with Gasteiger partial charge in [-0.1, -0.05) is 48.5 Å². The van der Waals surface area contributed by atoms with Crippen LogP contribution in [0.25, 0.3) is 0 Å². The number of nitrogens with zero attached hydrogens (tertiary/aromatic N) is 1. The van der Waals surface area contributed by atoms with Gasteiger partial charge in [0.25, 0.3) is 5.91 Å². The van der Waals surface area contributed by atoms with E-state index in [0.717, 1.165) is 11.1 Å². The normalized spacial score (nSPS) is 20.8. The van der Waals surface area contributed by atoms with E-state index in [4.69, 9.17) is 9.47 Å². The van der Waals surface area contributed by atoms with Gasteiger partial charge >= 0.3 is 6.03 Å². The van der Waals surface area contributed by atoms with Crippen molar-refractivity contribution >= 4 is 17.6 Å². The minimum atomic E-state index is -0.937. The van der Waals surface area contributed by atoms with E-state index in [-0.39, 0.29) is 18.0 Å². The minimum Gasteiger partial charge on any atom is -0.493 e. The summed E-state index contributed by atoms with van der Waals surface area (Å²) in [5.41, 5.74) is 2.02. The van der Waals surface area contributed by atoms with Crippen molar-refractivity contribution in [2.75, 3.05) is 12.0 Å². The van der Waals surface area contributed by atoms with Gasteiger partial charge in [0.15, 0.2) is 17.2 Å². The molecule has 168 valence electrons. The Hall–Kier alpha value is -4.00. The molecular formula is C26H25N3O4. The van der Waals surface area contributed by atoms with Crippen LogP contribution in [-0.2, 0) is 6.54 Å². The second-order valence-corrected chi connectivity index (χ2v) is 8.42. The van der Waals surface area contributed by atoms with Gasteiger partial charge in [0.2, 0.25) is 0 Å². The SMILES string of the molecule is COc1cccc2c1OC1(C)CC2NC(=O)N1c1cccc(C(=O)NCc2ccccc2)c1. The molecule has 0 aromatic heterocycles. The van der Waals surface area contributed by atoms with Gasteiger partial charge < -0.3 is 20.1 Å². The van der Waals surface area contributed by atoms with Crippen molar-refractivity contribution in [2.45, 2.75) is 31.7 Å². The van der Waals surface area contributed by atoms with Gasteiger partial charge in [-0.3, -0.25) is 9.69 Å². The van der Waals surface area contributed by atoms with E-state index >= 15 is 0 Å². The molecule has 0 aliphatic carbocycles. The van der Waals surface area contributed by atoms with Crippen LogP contribution in [0.4, 0.5) is 10.5 Å². The molecule has 0 spiro atoms. The lowest BCUT2D eigenvalue weighted by molar-refractivity contribution is 0.0349. The molecule has 3 aromatic carbocycles. The number of carbonyl (C=O) groups excluding carboxylic acids is 2. The number of hydrogen-bond acceptors (Lipinski definition) is 4. The molecule has 33 heavy (non-hydrogen) atoms. The third-order valence-corrected chi connectivity index (χ3v) is 6.15. The second-order valence-electron chi connectivity index (χ2n) is 8.42. The molecule has 3 aromatic rings. The van der Waals surface area contributed by atoms with Crippen LogP contribution in [0.15, 0.2) is 72.8 Å². The number of fused-ring (bicyclic) bond motifs is 4. The first kappa shape index (κ1) is 20.9. The first-order chi connectivity index (χ1) is 16.0. The first-order valence-corrected chi connectivity index (χ1v) is 10.9. The molecule has 0 radical (unpaired) electrons. The zero-order chi connectivity index (χ0) is 23.0. The fourth-order valence-corrected chi connectivity index (χ4v) is 4.58. The van der Waals surface area contributed by atoms with Gasteiger partial charge in [-0.05, 0) is 36.8 Å². The van der Waals surface area contributed by atoms with Crippen LogP contribution in [-0.4, -0.2) is 24.8 Å². The smallest absolute Gasteiger partial charge is 0.325 e. The predicted molar refractivity (Wildman–Crippen MR) is 124 cm³/mol. The number of benzene rings is 3. The molecular weight excluding hydrogens is 418 g/mol. The zero-order valence-electron chi connectivity index (χ0n) is 18.5. The summed E-state index contributed by atoms with van der Waals surface area (Å²) in [7, 11) is 1.60. The summed E-state index contributed by atoms with van der Waals surface area (Å²) in [6.45, 7) is 2.31. The molecule has 2 aliphatic rings. The number of para-hydroxylation sites is 1. The number of ether oxygens (including phenoxy) is 2. The largest absolute Gasteiger partial charge is 0.493 e. The quantitative estimate of drug-likeness (QED) is 0.613. The Labute approximate surface area is 192 Å². The Morgan fingerprint density at radius 2 is 1.94 bits per heavy atom. The Kier molecular flexibility index (Phi) is 5.17. The Balaban J connectivity index is 1.42. The van der Waals surface area contributed by atoms with Crippen molar-refractivity contribution in [1.29, 1.82) is 0 Å². The highest BCUT2D eigenvalue weighted by Gasteiger charge is 2.50. The summed E-state index contributed by atoms with van der Waals surface area (Å²) in [6.07, 6.45) is 0.559. The number of rotatable bonds is 5. The van der Waals surface area contributed by atoms with Gasteiger partial charge in [0.1, 0.15) is 0 Å². The first-order valence-electron chi connectivity index (χ1n) is 10.9. The third kappa shape index (κ3) is 3.75. The molecule has 2 heterocycles. The highest BCUT2D eigenvalue weighted by Crippen LogP contribution is 2.49. The van der Waals surface area contributed by atoms with Crippen LogP contribution < -0.4 is 25.0 Å². The summed E-state index contributed by atoms with van der Waals surface area (Å²) >= 11 is 0. The second kappa shape index (κ2) is 8.16. The maximum absolute atomic E-state index is 13.2. The number of amides is 3. The minimum absolute atomic E-state index is 0.185. The lowest BCUT2D eigenvalue weighted by Crippen LogP contribution is -2.65. The molecule has 7 nitrogen and oxygen atoms in total. The van der Waals surface area contributed by atoms with Gasteiger partial charge in [-0.15, -0.1) is 0 Å². The number of hydrogen-bond donors (Lipinski definition) is 2. The van der Waals surface area contributed by atoms with E-state index in [0.29, 0.717) is 35.7 Å². The number of methoxy groups -OCH3 is 1. The van der Waals surface area contributed by atoms with Crippen molar-refractivity contribution in [3.8, 4) is 11.5 Å². The standard InChI is InChI=1S/C26H25N3O4/c1-26-15-21(20-12-7-13-22(32-2)23(20)33-26)28-25(31)29(26)19-11-6-10-18(14-19)24(30)27-16-17-8-4-3-5-9-17/h3-14,21H,15-16H2,1-2H3,(H,27,30)(H,28,31). The van der Waals surface area contributed by atoms with Crippen molar-refractivity contribution in [1.82, 2.24) is 10.6 Å². The molecule has 2 unspecified atom stereocenters. The van der Waals surface area contributed by atoms with Crippen LogP contribution in [0.3, 0.4) is 0 Å². The van der Waals surface area contributed by atoms with Gasteiger partial charge in [0.05, 0.1) is 18.8 Å². The van der Waals surface area contributed by atoms with E-state index < -0.39 is 5.72 Å². The molecule has 2 aliphatic heterocycles. The maximum Gasteiger partial charge on any atom is 0.325 e. The highest BCUT2D eigenvalue weighted by atomic mass is 16.5.